The molecule has 0 heterocycles. The average Bonchev–Trinajstić information content (AvgIpc) is 2.23. The molecule has 0 saturated heterocycles. The van der Waals surface area contributed by atoms with Gasteiger partial charge >= 0.3 is 0 Å². The number of hydrogen-bond acceptors (Lipinski definition) is 3. The zero-order valence-corrected chi connectivity index (χ0v) is 8.73. The van der Waals surface area contributed by atoms with E-state index in [0.29, 0.717) is 6.67 Å². The first-order chi connectivity index (χ1) is 7.19. The van der Waals surface area contributed by atoms with Gasteiger partial charge in [0.15, 0.2) is 11.6 Å². The monoisotopic (exact) mass is 216 g/mol. The van der Waals surface area contributed by atoms with Crippen LogP contribution in [0, 0.1) is 11.6 Å². The second-order valence-electron chi connectivity index (χ2n) is 3.04. The van der Waals surface area contributed by atoms with Gasteiger partial charge in [-0.05, 0) is 13.1 Å². The third-order valence-electron chi connectivity index (χ3n) is 1.94. The van der Waals surface area contributed by atoms with E-state index in [-0.39, 0.29) is 17.9 Å². The first-order valence-corrected chi connectivity index (χ1v) is 4.56. The quantitative estimate of drug-likeness (QED) is 0.574. The molecule has 0 saturated carbocycles. The van der Waals surface area contributed by atoms with Gasteiger partial charge in [0.25, 0.3) is 0 Å². The molecule has 0 spiro atoms. The summed E-state index contributed by atoms with van der Waals surface area (Å²) >= 11 is 0. The van der Waals surface area contributed by atoms with Gasteiger partial charge in [0.2, 0.25) is 0 Å². The van der Waals surface area contributed by atoms with E-state index in [9.17, 15) is 8.78 Å². The fourth-order valence-corrected chi connectivity index (χ4v) is 1.18. The summed E-state index contributed by atoms with van der Waals surface area (Å²) in [6, 6.07) is 2.18. The Hall–Kier alpha value is -1.20. The van der Waals surface area contributed by atoms with Crippen molar-refractivity contribution in [3.63, 3.8) is 0 Å². The largest absolute Gasteiger partial charge is 0.494 e. The van der Waals surface area contributed by atoms with Crippen molar-refractivity contribution < 1.29 is 13.5 Å². The second kappa shape index (κ2) is 5.63. The number of halogens is 2. The standard InChI is InChI=1S/C10H14F2N2O/c1-13-6-14-5-7-3-9(12)10(15-2)4-8(7)11/h3-4,13-14H,5-6H2,1-2H3. The van der Waals surface area contributed by atoms with E-state index in [2.05, 4.69) is 15.4 Å². The molecule has 15 heavy (non-hydrogen) atoms. The van der Waals surface area contributed by atoms with Crippen LogP contribution < -0.4 is 15.4 Å². The minimum absolute atomic E-state index is 0.0788. The molecule has 0 atom stereocenters. The van der Waals surface area contributed by atoms with E-state index in [1.54, 1.807) is 7.05 Å². The highest BCUT2D eigenvalue weighted by Gasteiger charge is 2.09. The molecule has 84 valence electrons. The van der Waals surface area contributed by atoms with Crippen LogP contribution in [0.3, 0.4) is 0 Å². The highest BCUT2D eigenvalue weighted by Crippen LogP contribution is 2.20. The fourth-order valence-electron chi connectivity index (χ4n) is 1.18. The van der Waals surface area contributed by atoms with Gasteiger partial charge in [-0.2, -0.15) is 0 Å². The molecular weight excluding hydrogens is 202 g/mol. The molecule has 1 aromatic carbocycles. The van der Waals surface area contributed by atoms with Crippen LogP contribution in [0.25, 0.3) is 0 Å². The summed E-state index contributed by atoms with van der Waals surface area (Å²) in [5.74, 6) is -1.11. The van der Waals surface area contributed by atoms with Crippen LogP contribution in [0.2, 0.25) is 0 Å². The van der Waals surface area contributed by atoms with Crippen LogP contribution >= 0.6 is 0 Å². The lowest BCUT2D eigenvalue weighted by Crippen LogP contribution is -2.25. The van der Waals surface area contributed by atoms with Gasteiger partial charge in [0, 0.05) is 24.8 Å². The Morgan fingerprint density at radius 2 is 2.00 bits per heavy atom. The molecule has 3 nitrogen and oxygen atoms in total. The Bertz CT molecular complexity index is 331. The maximum atomic E-state index is 13.3. The summed E-state index contributed by atoms with van der Waals surface area (Å²) in [5.41, 5.74) is 0.281. The Labute approximate surface area is 87.4 Å². The Kier molecular flexibility index (Phi) is 4.45. The molecule has 0 aliphatic carbocycles. The molecule has 2 N–H and O–H groups in total. The molecule has 0 fully saturated rings. The fraction of sp³-hybridized carbons (Fsp3) is 0.400. The molecule has 0 bridgehead atoms. The van der Waals surface area contributed by atoms with Crippen molar-refractivity contribution in [3.8, 4) is 5.75 Å². The van der Waals surface area contributed by atoms with E-state index >= 15 is 0 Å². The third-order valence-corrected chi connectivity index (χ3v) is 1.94. The summed E-state index contributed by atoms with van der Waals surface area (Å²) < 4.78 is 31.2. The van der Waals surface area contributed by atoms with Gasteiger partial charge in [-0.15, -0.1) is 0 Å². The van der Waals surface area contributed by atoms with E-state index in [1.165, 1.54) is 7.11 Å². The van der Waals surface area contributed by atoms with Crippen molar-refractivity contribution in [1.29, 1.82) is 0 Å². The molecule has 0 aliphatic heterocycles. The van der Waals surface area contributed by atoms with E-state index < -0.39 is 11.6 Å². The number of rotatable bonds is 5. The molecule has 0 amide bonds. The topological polar surface area (TPSA) is 33.3 Å². The molecule has 1 aromatic rings. The van der Waals surface area contributed by atoms with Gasteiger partial charge in [-0.3, -0.25) is 0 Å². The van der Waals surface area contributed by atoms with Crippen LogP contribution in [-0.2, 0) is 6.54 Å². The van der Waals surface area contributed by atoms with Crippen molar-refractivity contribution in [2.75, 3.05) is 20.8 Å². The minimum atomic E-state index is -0.555. The first-order valence-electron chi connectivity index (χ1n) is 4.56. The molecule has 5 heteroatoms. The van der Waals surface area contributed by atoms with Crippen molar-refractivity contribution in [2.24, 2.45) is 0 Å². The predicted octanol–water partition coefficient (Wildman–Crippen LogP) is 1.24. The summed E-state index contributed by atoms with van der Waals surface area (Å²) in [6.45, 7) is 0.806. The van der Waals surface area contributed by atoms with Crippen LogP contribution in [-0.4, -0.2) is 20.8 Å². The van der Waals surface area contributed by atoms with Gasteiger partial charge < -0.3 is 15.4 Å². The third kappa shape index (κ3) is 3.14. The van der Waals surface area contributed by atoms with E-state index in [0.717, 1.165) is 12.1 Å². The van der Waals surface area contributed by atoms with E-state index in [4.69, 9.17) is 0 Å². The molecule has 0 radical (unpaired) electrons. The van der Waals surface area contributed by atoms with Gasteiger partial charge in [-0.1, -0.05) is 0 Å². The van der Waals surface area contributed by atoms with Crippen LogP contribution in [0.1, 0.15) is 5.56 Å². The zero-order valence-electron chi connectivity index (χ0n) is 8.73. The Morgan fingerprint density at radius 3 is 2.60 bits per heavy atom. The Morgan fingerprint density at radius 1 is 1.27 bits per heavy atom. The van der Waals surface area contributed by atoms with Gasteiger partial charge in [0.1, 0.15) is 5.82 Å². The number of hydrogen-bond donors (Lipinski definition) is 2. The first kappa shape index (κ1) is 11.9. The summed E-state index contributed by atoms with van der Waals surface area (Å²) in [7, 11) is 3.06. The van der Waals surface area contributed by atoms with Crippen LogP contribution in [0.4, 0.5) is 8.78 Å². The highest BCUT2D eigenvalue weighted by atomic mass is 19.1. The second-order valence-corrected chi connectivity index (χ2v) is 3.04. The number of nitrogens with one attached hydrogen (secondary N) is 2. The Balaban J connectivity index is 2.76. The maximum absolute atomic E-state index is 13.3. The number of benzene rings is 1. The molecular formula is C10H14F2N2O. The van der Waals surface area contributed by atoms with Crippen molar-refractivity contribution in [1.82, 2.24) is 10.6 Å². The normalized spacial score (nSPS) is 10.4. The van der Waals surface area contributed by atoms with Crippen LogP contribution in [0.5, 0.6) is 5.75 Å². The lowest BCUT2D eigenvalue weighted by Gasteiger charge is -2.08. The lowest BCUT2D eigenvalue weighted by atomic mass is 10.2. The summed E-state index contributed by atoms with van der Waals surface area (Å²) in [5, 5.41) is 5.74. The predicted molar refractivity (Wildman–Crippen MR) is 53.7 cm³/mol. The average molecular weight is 216 g/mol. The highest BCUT2D eigenvalue weighted by molar-refractivity contribution is 5.30. The molecule has 0 aromatic heterocycles. The molecule has 0 unspecified atom stereocenters. The van der Waals surface area contributed by atoms with Gasteiger partial charge in [0.05, 0.1) is 7.11 Å². The molecule has 0 aliphatic rings. The lowest BCUT2D eigenvalue weighted by molar-refractivity contribution is 0.381. The summed E-state index contributed by atoms with van der Waals surface area (Å²) in [6.07, 6.45) is 0. The smallest absolute Gasteiger partial charge is 0.165 e. The SMILES string of the molecule is CNCNCc1cc(F)c(OC)cc1F. The zero-order chi connectivity index (χ0) is 11.3. The van der Waals surface area contributed by atoms with Crippen molar-refractivity contribution >= 4 is 0 Å². The molecule has 1 rings (SSSR count). The van der Waals surface area contributed by atoms with Crippen molar-refractivity contribution in [2.45, 2.75) is 6.54 Å². The summed E-state index contributed by atoms with van der Waals surface area (Å²) in [4.78, 5) is 0. The van der Waals surface area contributed by atoms with E-state index in [1.807, 2.05) is 0 Å². The van der Waals surface area contributed by atoms with Crippen molar-refractivity contribution in [3.05, 3.63) is 29.3 Å². The maximum Gasteiger partial charge on any atom is 0.165 e. The van der Waals surface area contributed by atoms with Crippen LogP contribution in [0.15, 0.2) is 12.1 Å². The minimum Gasteiger partial charge on any atom is -0.494 e. The van der Waals surface area contributed by atoms with Gasteiger partial charge in [-0.25, -0.2) is 8.78 Å². The number of methoxy groups -OCH3 is 1. The number of ether oxygens (including phenoxy) is 1.